The molecule has 3 atom stereocenters. The number of anilines is 1. The number of hydrogen-bond donors (Lipinski definition) is 2. The van der Waals surface area contributed by atoms with E-state index < -0.39 is 19.9 Å². The zero-order valence-electron chi connectivity index (χ0n) is 21.6. The van der Waals surface area contributed by atoms with Gasteiger partial charge in [0.05, 0.1) is 25.0 Å². The normalized spacial score (nSPS) is 15.2. The molecule has 3 rings (SSSR count). The number of nitrogens with two attached hydrogens (primary N) is 1. The Balaban J connectivity index is 1.75. The molecule has 0 aliphatic heterocycles. The lowest BCUT2D eigenvalue weighted by atomic mass is 10.2. The van der Waals surface area contributed by atoms with Gasteiger partial charge in [-0.1, -0.05) is 19.1 Å². The lowest BCUT2D eigenvalue weighted by Gasteiger charge is -2.29. The number of nitrogen functional groups attached to an aromatic ring is 1. The molecule has 0 bridgehead atoms. The Morgan fingerprint density at radius 2 is 1.83 bits per heavy atom. The highest BCUT2D eigenvalue weighted by Crippen LogP contribution is 2.44. The van der Waals surface area contributed by atoms with Crippen LogP contribution in [-0.4, -0.2) is 57.5 Å². The molecule has 198 valence electrons. The van der Waals surface area contributed by atoms with E-state index in [1.165, 1.54) is 6.33 Å². The second kappa shape index (κ2) is 13.1. The van der Waals surface area contributed by atoms with Gasteiger partial charge >= 0.3 is 7.52 Å². The third-order valence-electron chi connectivity index (χ3n) is 5.44. The molecular weight excluding hydrogens is 483 g/mol. The molecular formula is C24H37N6O5P. The van der Waals surface area contributed by atoms with E-state index in [2.05, 4.69) is 27.0 Å². The van der Waals surface area contributed by atoms with Crippen molar-refractivity contribution in [1.29, 1.82) is 0 Å². The zero-order chi connectivity index (χ0) is 26.1. The number of aryl methyl sites for hydroxylation is 1. The van der Waals surface area contributed by atoms with Crippen LogP contribution in [0.15, 0.2) is 36.9 Å². The molecule has 0 aliphatic carbocycles. The Morgan fingerprint density at radius 3 is 2.53 bits per heavy atom. The van der Waals surface area contributed by atoms with Crippen molar-refractivity contribution < 1.29 is 23.3 Å². The van der Waals surface area contributed by atoms with E-state index >= 15 is 0 Å². The molecule has 0 saturated heterocycles. The summed E-state index contributed by atoms with van der Waals surface area (Å²) >= 11 is 0. The summed E-state index contributed by atoms with van der Waals surface area (Å²) in [6, 6.07) is 7.13. The fraction of sp³-hybridized carbons (Fsp3) is 0.542. The van der Waals surface area contributed by atoms with E-state index in [1.807, 2.05) is 50.5 Å². The minimum Gasteiger partial charge on any atom is -0.431 e. The van der Waals surface area contributed by atoms with Crippen molar-refractivity contribution >= 4 is 24.5 Å². The van der Waals surface area contributed by atoms with Crippen molar-refractivity contribution in [2.24, 2.45) is 0 Å². The van der Waals surface area contributed by atoms with Gasteiger partial charge in [-0.3, -0.25) is 4.57 Å². The van der Waals surface area contributed by atoms with E-state index in [-0.39, 0.29) is 12.5 Å². The van der Waals surface area contributed by atoms with E-state index in [0.29, 0.717) is 42.5 Å². The van der Waals surface area contributed by atoms with Crippen molar-refractivity contribution in [2.75, 3.05) is 25.3 Å². The number of fused-ring (bicyclic) bond motifs is 1. The number of nitrogens with one attached hydrogen (secondary N) is 1. The van der Waals surface area contributed by atoms with Gasteiger partial charge in [-0.15, -0.1) is 0 Å². The Bertz CT molecular complexity index is 1150. The average Bonchev–Trinajstić information content (AvgIpc) is 3.26. The Kier molecular flexibility index (Phi) is 10.2. The van der Waals surface area contributed by atoms with E-state index in [1.54, 1.807) is 12.4 Å². The predicted octanol–water partition coefficient (Wildman–Crippen LogP) is 3.98. The first kappa shape index (κ1) is 28.0. The molecule has 0 spiro atoms. The van der Waals surface area contributed by atoms with Crippen LogP contribution in [0.4, 0.5) is 5.82 Å². The van der Waals surface area contributed by atoms with Gasteiger partial charge in [-0.25, -0.2) is 20.0 Å². The van der Waals surface area contributed by atoms with Crippen molar-refractivity contribution in [3.8, 4) is 5.75 Å². The summed E-state index contributed by atoms with van der Waals surface area (Å²) in [6.45, 7) is 10.9. The molecule has 3 aromatic rings. The Morgan fingerprint density at radius 1 is 1.08 bits per heavy atom. The number of hydrogen-bond acceptors (Lipinski definition) is 9. The molecule has 11 nitrogen and oxygen atoms in total. The van der Waals surface area contributed by atoms with Crippen LogP contribution in [0.5, 0.6) is 5.75 Å². The first-order chi connectivity index (χ1) is 17.3. The van der Waals surface area contributed by atoms with Gasteiger partial charge < -0.3 is 29.0 Å². The van der Waals surface area contributed by atoms with Crippen molar-refractivity contribution in [3.05, 3.63) is 42.5 Å². The topological polar surface area (TPSA) is 136 Å². The number of aromatic nitrogens is 4. The second-order valence-electron chi connectivity index (χ2n) is 8.40. The highest BCUT2D eigenvalue weighted by molar-refractivity contribution is 7.57. The van der Waals surface area contributed by atoms with E-state index in [4.69, 9.17) is 24.5 Å². The summed E-state index contributed by atoms with van der Waals surface area (Å²) in [5, 5.41) is 3.10. The molecule has 36 heavy (non-hydrogen) atoms. The highest BCUT2D eigenvalue weighted by Gasteiger charge is 2.32. The number of ether oxygens (including phenoxy) is 3. The van der Waals surface area contributed by atoms with Crippen molar-refractivity contribution in [3.63, 3.8) is 0 Å². The van der Waals surface area contributed by atoms with Crippen LogP contribution < -0.4 is 15.3 Å². The average molecular weight is 521 g/mol. The molecule has 3 N–H and O–H groups in total. The van der Waals surface area contributed by atoms with Gasteiger partial charge in [0.25, 0.3) is 0 Å². The third-order valence-corrected chi connectivity index (χ3v) is 7.24. The van der Waals surface area contributed by atoms with Gasteiger partial charge in [0, 0.05) is 13.2 Å². The van der Waals surface area contributed by atoms with E-state index in [0.717, 1.165) is 12.0 Å². The van der Waals surface area contributed by atoms with Gasteiger partial charge in [0.15, 0.2) is 17.8 Å². The maximum absolute atomic E-state index is 14.0. The quantitative estimate of drug-likeness (QED) is 0.224. The van der Waals surface area contributed by atoms with Crippen LogP contribution in [0.3, 0.4) is 0 Å². The number of imidazole rings is 1. The van der Waals surface area contributed by atoms with Crippen LogP contribution >= 0.6 is 7.52 Å². The van der Waals surface area contributed by atoms with Crippen LogP contribution in [0.2, 0.25) is 0 Å². The fourth-order valence-electron chi connectivity index (χ4n) is 3.71. The van der Waals surface area contributed by atoms with Crippen LogP contribution in [0, 0.1) is 0 Å². The molecule has 0 amide bonds. The summed E-state index contributed by atoms with van der Waals surface area (Å²) in [4.78, 5) is 12.5. The fourth-order valence-corrected chi connectivity index (χ4v) is 5.53. The Hall–Kier alpha value is -2.56. The molecule has 0 fully saturated rings. The van der Waals surface area contributed by atoms with Gasteiger partial charge in [0.1, 0.15) is 23.9 Å². The molecule has 0 radical (unpaired) electrons. The SMILES string of the molecule is CCOC(OCC)C(C)NP(=O)(COC(C)Cn1cnc2c(N)ncnc21)Oc1cccc(CC)c1. The van der Waals surface area contributed by atoms with Crippen molar-refractivity contribution in [2.45, 2.75) is 66.0 Å². The second-order valence-corrected chi connectivity index (χ2v) is 10.4. The predicted molar refractivity (Wildman–Crippen MR) is 139 cm³/mol. The third kappa shape index (κ3) is 7.47. The minimum absolute atomic E-state index is 0.163. The summed E-state index contributed by atoms with van der Waals surface area (Å²) in [6.07, 6.45) is 2.79. The van der Waals surface area contributed by atoms with Crippen LogP contribution in [0.25, 0.3) is 11.2 Å². The highest BCUT2D eigenvalue weighted by atomic mass is 31.2. The van der Waals surface area contributed by atoms with Crippen molar-refractivity contribution in [1.82, 2.24) is 24.6 Å². The van der Waals surface area contributed by atoms with Crippen LogP contribution in [0.1, 0.15) is 40.2 Å². The molecule has 2 aromatic heterocycles. The standard InChI is InChI=1S/C24H37N6O5P/c1-6-19-10-9-11-20(12-19)35-36(31,29-18(5)24(32-7-2)33-8-3)16-34-17(4)13-30-15-28-21-22(25)26-14-27-23(21)30/h9-12,14-15,17-18,24H,6-8,13,16H2,1-5H3,(H,29,31)(H2,25,26,27). The lowest BCUT2D eigenvalue weighted by molar-refractivity contribution is -0.148. The van der Waals surface area contributed by atoms with Gasteiger partial charge in [-0.05, 0) is 51.8 Å². The molecule has 3 unspecified atom stereocenters. The summed E-state index contributed by atoms with van der Waals surface area (Å²) < 4.78 is 39.3. The van der Waals surface area contributed by atoms with Gasteiger partial charge in [-0.2, -0.15) is 0 Å². The van der Waals surface area contributed by atoms with Crippen LogP contribution in [-0.2, 0) is 31.7 Å². The number of benzene rings is 1. The largest absolute Gasteiger partial charge is 0.431 e. The number of rotatable bonds is 15. The first-order valence-electron chi connectivity index (χ1n) is 12.2. The van der Waals surface area contributed by atoms with Gasteiger partial charge in [0.2, 0.25) is 0 Å². The maximum Gasteiger partial charge on any atom is 0.342 e. The summed E-state index contributed by atoms with van der Waals surface area (Å²) in [7, 11) is -3.53. The Labute approximate surface area is 212 Å². The first-order valence-corrected chi connectivity index (χ1v) is 14.0. The number of nitrogens with zero attached hydrogens (tertiary/aromatic N) is 4. The minimum atomic E-state index is -3.53. The zero-order valence-corrected chi connectivity index (χ0v) is 22.5. The maximum atomic E-state index is 14.0. The summed E-state index contributed by atoms with van der Waals surface area (Å²) in [5.74, 6) is 0.821. The monoisotopic (exact) mass is 520 g/mol. The lowest BCUT2D eigenvalue weighted by Crippen LogP contribution is -2.41. The molecule has 0 saturated carbocycles. The molecule has 2 heterocycles. The molecule has 12 heteroatoms. The molecule has 1 aromatic carbocycles. The summed E-state index contributed by atoms with van der Waals surface area (Å²) in [5.41, 5.74) is 8.10. The smallest absolute Gasteiger partial charge is 0.342 e. The molecule has 0 aliphatic rings. The van der Waals surface area contributed by atoms with E-state index in [9.17, 15) is 4.57 Å².